The molecule has 5 nitrogen and oxygen atoms in total. The molecule has 0 aromatic carbocycles. The number of nitrogens with zero attached hydrogens (tertiary/aromatic N) is 1. The van der Waals surface area contributed by atoms with E-state index < -0.39 is 0 Å². The molecule has 1 N–H and O–H groups in total. The predicted octanol–water partition coefficient (Wildman–Crippen LogP) is 2.01. The number of hydrogen-bond acceptors (Lipinski definition) is 3. The quantitative estimate of drug-likeness (QED) is 0.741. The van der Waals surface area contributed by atoms with E-state index in [4.69, 9.17) is 4.74 Å². The van der Waals surface area contributed by atoms with Gasteiger partial charge in [0.15, 0.2) is 0 Å². The fraction of sp³-hybridized carbons (Fsp3) is 0.846. The van der Waals surface area contributed by atoms with Gasteiger partial charge in [-0.3, -0.25) is 4.79 Å². The molecule has 0 aliphatic carbocycles. The number of rotatable bonds is 6. The monoisotopic (exact) mass is 258 g/mol. The van der Waals surface area contributed by atoms with Gasteiger partial charge in [0.2, 0.25) is 5.91 Å². The van der Waals surface area contributed by atoms with Crippen molar-refractivity contribution in [3.63, 3.8) is 0 Å². The van der Waals surface area contributed by atoms with Gasteiger partial charge in [-0.2, -0.15) is 0 Å². The topological polar surface area (TPSA) is 58.6 Å². The van der Waals surface area contributed by atoms with Gasteiger partial charge in [0, 0.05) is 18.0 Å². The molecule has 0 aromatic heterocycles. The molecule has 0 rings (SSSR count). The summed E-state index contributed by atoms with van der Waals surface area (Å²) in [6.45, 7) is 12.0. The van der Waals surface area contributed by atoms with Crippen LogP contribution < -0.4 is 5.32 Å². The van der Waals surface area contributed by atoms with E-state index in [-0.39, 0.29) is 36.6 Å². The number of hydrogen-bond donors (Lipinski definition) is 1. The van der Waals surface area contributed by atoms with Crippen molar-refractivity contribution >= 4 is 12.0 Å². The largest absolute Gasteiger partial charge is 0.448 e. The molecular formula is C13H26N2O3. The Balaban J connectivity index is 3.99. The first-order valence-electron chi connectivity index (χ1n) is 6.50. The zero-order valence-corrected chi connectivity index (χ0v) is 12.3. The lowest BCUT2D eigenvalue weighted by atomic mass is 10.2. The number of nitrogens with one attached hydrogen (secondary N) is 1. The van der Waals surface area contributed by atoms with E-state index in [1.165, 1.54) is 0 Å². The molecule has 106 valence electrons. The highest BCUT2D eigenvalue weighted by Crippen LogP contribution is 2.07. The number of carbonyl (C=O) groups is 2. The van der Waals surface area contributed by atoms with E-state index in [0.29, 0.717) is 6.54 Å². The van der Waals surface area contributed by atoms with E-state index in [0.717, 1.165) is 0 Å². The normalized spacial score (nSPS) is 10.9. The lowest BCUT2D eigenvalue weighted by molar-refractivity contribution is -0.124. The minimum absolute atomic E-state index is 0.0318. The molecule has 5 heteroatoms. The van der Waals surface area contributed by atoms with E-state index in [1.54, 1.807) is 4.90 Å². The van der Waals surface area contributed by atoms with Crippen molar-refractivity contribution in [3.05, 3.63) is 0 Å². The molecule has 0 aliphatic rings. The fourth-order valence-electron chi connectivity index (χ4n) is 1.61. The van der Waals surface area contributed by atoms with Crippen LogP contribution in [0.3, 0.4) is 0 Å². The van der Waals surface area contributed by atoms with Crippen LogP contribution in [0.15, 0.2) is 0 Å². The third-order valence-electron chi connectivity index (χ3n) is 2.47. The maximum Gasteiger partial charge on any atom is 0.410 e. The molecule has 0 unspecified atom stereocenters. The molecule has 0 saturated carbocycles. The first kappa shape index (κ1) is 16.7. The predicted molar refractivity (Wildman–Crippen MR) is 71.3 cm³/mol. The van der Waals surface area contributed by atoms with Crippen LogP contribution in [0.4, 0.5) is 4.79 Å². The molecule has 0 spiro atoms. The highest BCUT2D eigenvalue weighted by atomic mass is 16.6. The average Bonchev–Trinajstić information content (AvgIpc) is 2.22. The van der Waals surface area contributed by atoms with Crippen molar-refractivity contribution in [2.45, 2.75) is 53.6 Å². The Morgan fingerprint density at radius 3 is 1.94 bits per heavy atom. The van der Waals surface area contributed by atoms with E-state index in [2.05, 4.69) is 5.32 Å². The van der Waals surface area contributed by atoms with Gasteiger partial charge in [0.25, 0.3) is 0 Å². The Hall–Kier alpha value is -1.26. The Kier molecular flexibility index (Phi) is 7.39. The van der Waals surface area contributed by atoms with E-state index in [1.807, 2.05) is 41.5 Å². The number of ether oxygens (including phenoxy) is 1. The second kappa shape index (κ2) is 7.95. The van der Waals surface area contributed by atoms with Crippen molar-refractivity contribution in [2.75, 3.05) is 13.2 Å². The van der Waals surface area contributed by atoms with Gasteiger partial charge in [-0.15, -0.1) is 0 Å². The van der Waals surface area contributed by atoms with Gasteiger partial charge in [-0.25, -0.2) is 4.79 Å². The molecule has 0 aliphatic heterocycles. The molecule has 0 fully saturated rings. The van der Waals surface area contributed by atoms with E-state index in [9.17, 15) is 9.59 Å². The summed E-state index contributed by atoms with van der Waals surface area (Å²) in [5, 5.41) is 2.70. The molecule has 0 saturated heterocycles. The van der Waals surface area contributed by atoms with Crippen LogP contribution in [0.2, 0.25) is 0 Å². The van der Waals surface area contributed by atoms with Crippen molar-refractivity contribution in [3.8, 4) is 0 Å². The SMILES string of the molecule is CC(C)C(=O)NCCOC(=O)N(C(C)C)C(C)C. The highest BCUT2D eigenvalue weighted by Gasteiger charge is 2.21. The van der Waals surface area contributed by atoms with Gasteiger partial charge in [-0.05, 0) is 27.7 Å². The first-order chi connectivity index (χ1) is 8.27. The van der Waals surface area contributed by atoms with Crippen LogP contribution >= 0.6 is 0 Å². The molecule has 0 radical (unpaired) electrons. The molecule has 2 amide bonds. The summed E-state index contributed by atoms with van der Waals surface area (Å²) in [5.41, 5.74) is 0. The lowest BCUT2D eigenvalue weighted by Gasteiger charge is -2.29. The molecule has 0 heterocycles. The van der Waals surface area contributed by atoms with E-state index >= 15 is 0 Å². The van der Waals surface area contributed by atoms with Crippen LogP contribution in [-0.2, 0) is 9.53 Å². The maximum atomic E-state index is 11.8. The second-order valence-corrected chi connectivity index (χ2v) is 5.15. The van der Waals surface area contributed by atoms with Crippen LogP contribution in [-0.4, -0.2) is 42.1 Å². The van der Waals surface area contributed by atoms with Crippen molar-refractivity contribution < 1.29 is 14.3 Å². The molecule has 0 aromatic rings. The Morgan fingerprint density at radius 1 is 1.06 bits per heavy atom. The lowest BCUT2D eigenvalue weighted by Crippen LogP contribution is -2.43. The summed E-state index contributed by atoms with van der Waals surface area (Å²) < 4.78 is 5.13. The smallest absolute Gasteiger partial charge is 0.410 e. The molecule has 18 heavy (non-hydrogen) atoms. The zero-order valence-electron chi connectivity index (χ0n) is 12.3. The van der Waals surface area contributed by atoms with Gasteiger partial charge < -0.3 is 15.0 Å². The summed E-state index contributed by atoms with van der Waals surface area (Å²) >= 11 is 0. The maximum absolute atomic E-state index is 11.8. The van der Waals surface area contributed by atoms with Crippen molar-refractivity contribution in [1.29, 1.82) is 0 Å². The number of carbonyl (C=O) groups excluding carboxylic acids is 2. The summed E-state index contributed by atoms with van der Waals surface area (Å²) in [6, 6.07) is 0.200. The Labute approximate surface area is 110 Å². The van der Waals surface area contributed by atoms with Crippen LogP contribution in [0, 0.1) is 5.92 Å². The van der Waals surface area contributed by atoms with Crippen molar-refractivity contribution in [2.24, 2.45) is 5.92 Å². The third kappa shape index (κ3) is 5.89. The minimum atomic E-state index is -0.334. The molecule has 0 atom stereocenters. The van der Waals surface area contributed by atoms with Gasteiger partial charge in [0.05, 0.1) is 6.54 Å². The molecule has 0 bridgehead atoms. The van der Waals surface area contributed by atoms with Crippen LogP contribution in [0.5, 0.6) is 0 Å². The standard InChI is InChI=1S/C13H26N2O3/c1-9(2)12(16)14-7-8-18-13(17)15(10(3)4)11(5)6/h9-11H,7-8H2,1-6H3,(H,14,16). The zero-order chi connectivity index (χ0) is 14.3. The van der Waals surface area contributed by atoms with Crippen molar-refractivity contribution in [1.82, 2.24) is 10.2 Å². The highest BCUT2D eigenvalue weighted by molar-refractivity contribution is 5.77. The van der Waals surface area contributed by atoms with Crippen LogP contribution in [0.25, 0.3) is 0 Å². The molecular weight excluding hydrogens is 232 g/mol. The summed E-state index contributed by atoms with van der Waals surface area (Å²) in [5.74, 6) is -0.0841. The number of amides is 2. The van der Waals surface area contributed by atoms with Gasteiger partial charge in [-0.1, -0.05) is 13.8 Å². The average molecular weight is 258 g/mol. The summed E-state index contributed by atoms with van der Waals surface area (Å²) in [4.78, 5) is 24.7. The summed E-state index contributed by atoms with van der Waals surface area (Å²) in [7, 11) is 0. The first-order valence-corrected chi connectivity index (χ1v) is 6.50. The minimum Gasteiger partial charge on any atom is -0.448 e. The third-order valence-corrected chi connectivity index (χ3v) is 2.47. The summed E-state index contributed by atoms with van der Waals surface area (Å²) in [6.07, 6.45) is -0.334. The second-order valence-electron chi connectivity index (χ2n) is 5.15. The fourth-order valence-corrected chi connectivity index (χ4v) is 1.61. The Morgan fingerprint density at radius 2 is 1.56 bits per heavy atom. The van der Waals surface area contributed by atoms with Gasteiger partial charge in [0.1, 0.15) is 6.61 Å². The van der Waals surface area contributed by atoms with Crippen LogP contribution in [0.1, 0.15) is 41.5 Å². The Bertz CT molecular complexity index is 267. The van der Waals surface area contributed by atoms with Gasteiger partial charge >= 0.3 is 6.09 Å².